The largest absolute Gasteiger partial charge is 0.314 e. The minimum Gasteiger partial charge on any atom is -0.314 e. The first-order valence-corrected chi connectivity index (χ1v) is 4.14. The second-order valence-electron chi connectivity index (χ2n) is 4.02. The predicted molar refractivity (Wildman–Crippen MR) is 36.2 cm³/mol. The third kappa shape index (κ3) is 0.362. The van der Waals surface area contributed by atoms with Gasteiger partial charge in [0, 0.05) is 6.04 Å². The van der Waals surface area contributed by atoms with Crippen molar-refractivity contribution < 1.29 is 0 Å². The Balaban J connectivity index is 1.92. The molecule has 50 valence electrons. The van der Waals surface area contributed by atoms with Gasteiger partial charge < -0.3 is 5.32 Å². The van der Waals surface area contributed by atoms with Crippen LogP contribution in [0.25, 0.3) is 0 Å². The van der Waals surface area contributed by atoms with Crippen molar-refractivity contribution in [2.75, 3.05) is 6.54 Å². The van der Waals surface area contributed by atoms with Crippen molar-refractivity contribution in [2.45, 2.75) is 31.7 Å². The average Bonchev–Trinajstić information content (AvgIpc) is 1.87. The highest BCUT2D eigenvalue weighted by Crippen LogP contribution is 2.64. The van der Waals surface area contributed by atoms with Crippen LogP contribution < -0.4 is 5.32 Å². The quantitative estimate of drug-likeness (QED) is 0.509. The van der Waals surface area contributed by atoms with Crippen molar-refractivity contribution in [1.82, 2.24) is 5.32 Å². The van der Waals surface area contributed by atoms with Gasteiger partial charge in [-0.3, -0.25) is 0 Å². The van der Waals surface area contributed by atoms with Gasteiger partial charge in [0.15, 0.2) is 0 Å². The number of fused-ring (bicyclic) bond motifs is 2. The molecule has 1 heteroatoms. The first-order chi connectivity index (χ1) is 4.41. The lowest BCUT2D eigenvalue weighted by atomic mass is 9.42. The van der Waals surface area contributed by atoms with Crippen LogP contribution in [0.15, 0.2) is 0 Å². The number of rotatable bonds is 0. The Hall–Kier alpha value is -0.0400. The van der Waals surface area contributed by atoms with Crippen molar-refractivity contribution in [3.63, 3.8) is 0 Å². The monoisotopic (exact) mass is 123 g/mol. The van der Waals surface area contributed by atoms with Crippen LogP contribution in [0.3, 0.4) is 0 Å². The lowest BCUT2D eigenvalue weighted by molar-refractivity contribution is -0.140. The molecule has 2 heterocycles. The van der Waals surface area contributed by atoms with Crippen molar-refractivity contribution in [1.29, 1.82) is 0 Å². The fraction of sp³-hybridized carbons (Fsp3) is 1.00. The Bertz CT molecular complexity index is 151. The van der Waals surface area contributed by atoms with Crippen LogP contribution in [0.4, 0.5) is 0 Å². The number of hydrogen-bond acceptors (Lipinski definition) is 1. The van der Waals surface area contributed by atoms with E-state index in [1.807, 2.05) is 0 Å². The van der Waals surface area contributed by atoms with Crippen molar-refractivity contribution in [3.05, 3.63) is 0 Å². The minimum absolute atomic E-state index is 0.899. The Morgan fingerprint density at radius 3 is 2.67 bits per heavy atom. The van der Waals surface area contributed by atoms with E-state index in [9.17, 15) is 0 Å². The summed E-state index contributed by atoms with van der Waals surface area (Å²) in [6.07, 6.45) is 6.07. The van der Waals surface area contributed by atoms with Gasteiger partial charge in [0.1, 0.15) is 0 Å². The molecule has 1 spiro atoms. The van der Waals surface area contributed by atoms with Crippen LogP contribution in [0, 0.1) is 11.3 Å². The fourth-order valence-corrected chi connectivity index (χ4v) is 3.15. The lowest BCUT2D eigenvalue weighted by Crippen LogP contribution is -2.68. The van der Waals surface area contributed by atoms with E-state index in [4.69, 9.17) is 0 Å². The maximum Gasteiger partial charge on any atom is 0.0106 e. The zero-order valence-corrected chi connectivity index (χ0v) is 5.69. The van der Waals surface area contributed by atoms with E-state index in [1.54, 1.807) is 6.42 Å². The third-order valence-corrected chi connectivity index (χ3v) is 3.88. The molecule has 4 fully saturated rings. The summed E-state index contributed by atoms with van der Waals surface area (Å²) >= 11 is 0. The average molecular weight is 123 g/mol. The summed E-state index contributed by atoms with van der Waals surface area (Å²) in [5.41, 5.74) is 0.899. The highest BCUT2D eigenvalue weighted by Gasteiger charge is 2.60. The maximum absolute atomic E-state index is 3.57. The molecule has 0 radical (unpaired) electrons. The van der Waals surface area contributed by atoms with Gasteiger partial charge in [-0.1, -0.05) is 0 Å². The first kappa shape index (κ1) is 4.73. The van der Waals surface area contributed by atoms with Crippen molar-refractivity contribution in [2.24, 2.45) is 11.3 Å². The Morgan fingerprint density at radius 1 is 1.33 bits per heavy atom. The summed E-state index contributed by atoms with van der Waals surface area (Å²) < 4.78 is 0. The summed E-state index contributed by atoms with van der Waals surface area (Å²) in [6, 6.07) is 0.951. The summed E-state index contributed by atoms with van der Waals surface area (Å²) in [6.45, 7) is 1.31. The molecule has 2 aliphatic carbocycles. The first-order valence-electron chi connectivity index (χ1n) is 4.14. The van der Waals surface area contributed by atoms with Gasteiger partial charge in [0.2, 0.25) is 0 Å². The van der Waals surface area contributed by atoms with Gasteiger partial charge in [0.25, 0.3) is 0 Å². The van der Waals surface area contributed by atoms with Gasteiger partial charge in [-0.05, 0) is 43.6 Å². The molecule has 0 aromatic rings. The summed E-state index contributed by atoms with van der Waals surface area (Å²) in [5.74, 6) is 1.12. The van der Waals surface area contributed by atoms with E-state index in [0.717, 1.165) is 17.4 Å². The van der Waals surface area contributed by atoms with E-state index in [1.165, 1.54) is 25.8 Å². The molecular weight excluding hydrogens is 110 g/mol. The van der Waals surface area contributed by atoms with Crippen LogP contribution in [-0.2, 0) is 0 Å². The van der Waals surface area contributed by atoms with Gasteiger partial charge in [-0.2, -0.15) is 0 Å². The van der Waals surface area contributed by atoms with Gasteiger partial charge >= 0.3 is 0 Å². The molecule has 0 aromatic carbocycles. The molecule has 2 aliphatic heterocycles. The van der Waals surface area contributed by atoms with E-state index in [-0.39, 0.29) is 0 Å². The molecule has 1 N–H and O–H groups in total. The maximum atomic E-state index is 3.57. The lowest BCUT2D eigenvalue weighted by Gasteiger charge is -2.67. The highest BCUT2D eigenvalue weighted by atomic mass is 15.0. The molecule has 4 aliphatic rings. The van der Waals surface area contributed by atoms with Gasteiger partial charge in [0.05, 0.1) is 0 Å². The number of hydrogen-bond donors (Lipinski definition) is 1. The zero-order valence-electron chi connectivity index (χ0n) is 5.69. The smallest absolute Gasteiger partial charge is 0.0106 e. The normalized spacial score (nSPS) is 61.3. The number of piperidine rings is 2. The van der Waals surface area contributed by atoms with Crippen molar-refractivity contribution >= 4 is 0 Å². The summed E-state index contributed by atoms with van der Waals surface area (Å²) in [5, 5.41) is 3.57. The summed E-state index contributed by atoms with van der Waals surface area (Å²) in [4.78, 5) is 0. The van der Waals surface area contributed by atoms with Crippen LogP contribution in [0.1, 0.15) is 25.7 Å². The fourth-order valence-electron chi connectivity index (χ4n) is 3.15. The van der Waals surface area contributed by atoms with Gasteiger partial charge in [-0.25, -0.2) is 0 Å². The molecule has 1 nitrogen and oxygen atoms in total. The highest BCUT2D eigenvalue weighted by molar-refractivity contribution is 5.14. The number of nitrogens with one attached hydrogen (secondary N) is 1. The molecule has 0 aromatic heterocycles. The molecule has 9 heavy (non-hydrogen) atoms. The Morgan fingerprint density at radius 2 is 2.33 bits per heavy atom. The van der Waals surface area contributed by atoms with Crippen LogP contribution >= 0.6 is 0 Å². The molecule has 2 saturated heterocycles. The zero-order chi connectivity index (χ0) is 5.90. The second kappa shape index (κ2) is 1.20. The third-order valence-electron chi connectivity index (χ3n) is 3.88. The van der Waals surface area contributed by atoms with Crippen molar-refractivity contribution in [3.8, 4) is 0 Å². The molecule has 3 unspecified atom stereocenters. The van der Waals surface area contributed by atoms with Crippen LogP contribution in [0.5, 0.6) is 0 Å². The Kier molecular flexibility index (Phi) is 0.628. The van der Waals surface area contributed by atoms with Gasteiger partial charge in [-0.15, -0.1) is 0 Å². The van der Waals surface area contributed by atoms with E-state index >= 15 is 0 Å². The molecule has 3 atom stereocenters. The van der Waals surface area contributed by atoms with E-state index < -0.39 is 0 Å². The Labute approximate surface area is 55.8 Å². The van der Waals surface area contributed by atoms with E-state index in [0.29, 0.717) is 0 Å². The van der Waals surface area contributed by atoms with E-state index in [2.05, 4.69) is 5.32 Å². The molecular formula is C8H13N. The molecule has 2 saturated carbocycles. The molecule has 0 amide bonds. The second-order valence-corrected chi connectivity index (χ2v) is 4.02. The topological polar surface area (TPSA) is 12.0 Å². The standard InChI is InChI=1S/C8H13N/c1-2-8-3-4-9-7(5-8)6(1)8/h6-7,9H,1-5H2. The molecule has 4 rings (SSSR count). The summed E-state index contributed by atoms with van der Waals surface area (Å²) in [7, 11) is 0. The van der Waals surface area contributed by atoms with Crippen LogP contribution in [-0.4, -0.2) is 12.6 Å². The SMILES string of the molecule is C1CC23CCC2C(C3)N1. The predicted octanol–water partition coefficient (Wildman–Crippen LogP) is 1.15. The van der Waals surface area contributed by atoms with Crippen LogP contribution in [0.2, 0.25) is 0 Å². The molecule has 2 bridgehead atoms. The minimum atomic E-state index is 0.899.